The van der Waals surface area contributed by atoms with Gasteiger partial charge in [0, 0.05) is 25.7 Å². The summed E-state index contributed by atoms with van der Waals surface area (Å²) in [6, 6.07) is 0. The SMILES string of the molecule is CCCCCCCCCCCCCCCCC(=O)O[C@H](COC(=O)CCCCCCCCC)COP(=O)(O)OC[C@H](O)COP(=O)(O)OC[C@@H](COC(=O)CCCCCCCCCCCCCCCCC(C)C)OC(=O)CCCCCCCCCCCCCCCCCCCCC(C)CC. The molecule has 0 spiro atoms. The lowest BCUT2D eigenvalue weighted by molar-refractivity contribution is -0.161. The van der Waals surface area contributed by atoms with Crippen molar-refractivity contribution in [2.75, 3.05) is 39.6 Å². The van der Waals surface area contributed by atoms with E-state index >= 15 is 0 Å². The Morgan fingerprint density at radius 3 is 0.760 bits per heavy atom. The highest BCUT2D eigenvalue weighted by molar-refractivity contribution is 7.47. The van der Waals surface area contributed by atoms with Gasteiger partial charge in [0.15, 0.2) is 12.2 Å². The van der Waals surface area contributed by atoms with Crippen LogP contribution in [0.3, 0.4) is 0 Å². The molecule has 0 bridgehead atoms. The Hall–Kier alpha value is -1.94. The van der Waals surface area contributed by atoms with E-state index in [0.29, 0.717) is 25.7 Å². The molecule has 3 N–H and O–H groups in total. The first-order chi connectivity index (χ1) is 48.4. The minimum absolute atomic E-state index is 0.108. The molecule has 17 nitrogen and oxygen atoms in total. The van der Waals surface area contributed by atoms with Crippen molar-refractivity contribution >= 4 is 39.5 Å². The molecule has 0 radical (unpaired) electrons. The number of carbonyl (C=O) groups excluding carboxylic acids is 4. The predicted octanol–water partition coefficient (Wildman–Crippen LogP) is 24.3. The summed E-state index contributed by atoms with van der Waals surface area (Å²) in [7, 11) is -9.91. The second-order valence-electron chi connectivity index (χ2n) is 29.9. The van der Waals surface area contributed by atoms with Crippen LogP contribution < -0.4 is 0 Å². The van der Waals surface area contributed by atoms with E-state index in [-0.39, 0.29) is 25.7 Å². The van der Waals surface area contributed by atoms with Crippen molar-refractivity contribution in [1.29, 1.82) is 0 Å². The lowest BCUT2D eigenvalue weighted by atomic mass is 9.99. The molecule has 0 heterocycles. The first-order valence-electron chi connectivity index (χ1n) is 42.0. The van der Waals surface area contributed by atoms with Gasteiger partial charge in [-0.2, -0.15) is 0 Å². The number of ether oxygens (including phenoxy) is 4. The highest BCUT2D eigenvalue weighted by Gasteiger charge is 2.30. The number of hydrogen-bond acceptors (Lipinski definition) is 15. The Bertz CT molecular complexity index is 1930. The smallest absolute Gasteiger partial charge is 0.462 e. The van der Waals surface area contributed by atoms with Crippen LogP contribution in [0.2, 0.25) is 0 Å². The van der Waals surface area contributed by atoms with Crippen LogP contribution in [0.1, 0.15) is 427 Å². The summed E-state index contributed by atoms with van der Waals surface area (Å²) in [5.74, 6) is -0.442. The Morgan fingerprint density at radius 1 is 0.290 bits per heavy atom. The van der Waals surface area contributed by atoms with E-state index in [4.69, 9.17) is 37.0 Å². The topological polar surface area (TPSA) is 237 Å². The number of phosphoric ester groups is 2. The van der Waals surface area contributed by atoms with Crippen molar-refractivity contribution in [3.63, 3.8) is 0 Å². The summed E-state index contributed by atoms with van der Waals surface area (Å²) < 4.78 is 68.6. The van der Waals surface area contributed by atoms with E-state index in [1.165, 1.54) is 231 Å². The van der Waals surface area contributed by atoms with Crippen LogP contribution in [0.15, 0.2) is 0 Å². The fourth-order valence-corrected chi connectivity index (χ4v) is 14.1. The number of phosphoric acid groups is 2. The van der Waals surface area contributed by atoms with Crippen molar-refractivity contribution in [2.45, 2.75) is 445 Å². The molecule has 100 heavy (non-hydrogen) atoms. The van der Waals surface area contributed by atoms with Crippen molar-refractivity contribution in [1.82, 2.24) is 0 Å². The molecule has 594 valence electrons. The van der Waals surface area contributed by atoms with Gasteiger partial charge < -0.3 is 33.8 Å². The molecule has 0 aliphatic rings. The lowest BCUT2D eigenvalue weighted by Crippen LogP contribution is -2.30. The Kier molecular flexibility index (Phi) is 71.2. The van der Waals surface area contributed by atoms with Crippen molar-refractivity contribution < 1.29 is 80.2 Å². The quantitative estimate of drug-likeness (QED) is 0.0222. The van der Waals surface area contributed by atoms with Crippen LogP contribution in [0.4, 0.5) is 0 Å². The average molecular weight is 1470 g/mol. The van der Waals surface area contributed by atoms with E-state index in [1.54, 1.807) is 0 Å². The highest BCUT2D eigenvalue weighted by atomic mass is 31.2. The van der Waals surface area contributed by atoms with Gasteiger partial charge in [-0.05, 0) is 37.5 Å². The van der Waals surface area contributed by atoms with Crippen LogP contribution in [0, 0.1) is 11.8 Å². The molecule has 0 amide bonds. The molecule has 0 aromatic rings. The van der Waals surface area contributed by atoms with Crippen molar-refractivity contribution in [3.8, 4) is 0 Å². The summed E-state index contributed by atoms with van der Waals surface area (Å²) in [6.07, 6.45) is 62.5. The Labute approximate surface area is 613 Å². The summed E-state index contributed by atoms with van der Waals surface area (Å²) in [5.41, 5.74) is 0. The zero-order chi connectivity index (χ0) is 73.5. The van der Waals surface area contributed by atoms with E-state index in [0.717, 1.165) is 115 Å². The number of aliphatic hydroxyl groups excluding tert-OH is 1. The molecule has 0 saturated heterocycles. The van der Waals surface area contributed by atoms with Crippen LogP contribution in [0.25, 0.3) is 0 Å². The number of esters is 4. The fraction of sp³-hybridized carbons (Fsp3) is 0.951. The molecule has 0 aliphatic heterocycles. The first kappa shape index (κ1) is 98.1. The third kappa shape index (κ3) is 73.0. The minimum atomic E-state index is -4.96. The van der Waals surface area contributed by atoms with E-state index in [2.05, 4.69) is 41.5 Å². The molecule has 3 unspecified atom stereocenters. The zero-order valence-corrected chi connectivity index (χ0v) is 67.3. The number of carbonyl (C=O) groups is 4. The fourth-order valence-electron chi connectivity index (χ4n) is 12.5. The minimum Gasteiger partial charge on any atom is -0.462 e. The summed E-state index contributed by atoms with van der Waals surface area (Å²) in [6.45, 7) is 9.69. The van der Waals surface area contributed by atoms with Gasteiger partial charge in [0.1, 0.15) is 19.3 Å². The second kappa shape index (κ2) is 72.6. The summed E-state index contributed by atoms with van der Waals surface area (Å²) in [5, 5.41) is 10.6. The maximum atomic E-state index is 13.1. The number of aliphatic hydroxyl groups is 1. The Balaban J connectivity index is 5.17. The third-order valence-electron chi connectivity index (χ3n) is 19.3. The molecule has 0 aliphatic carbocycles. The van der Waals surface area contributed by atoms with Crippen LogP contribution in [0.5, 0.6) is 0 Å². The van der Waals surface area contributed by atoms with Gasteiger partial charge in [-0.15, -0.1) is 0 Å². The Morgan fingerprint density at radius 2 is 0.510 bits per heavy atom. The van der Waals surface area contributed by atoms with Gasteiger partial charge >= 0.3 is 39.5 Å². The van der Waals surface area contributed by atoms with E-state index < -0.39 is 97.5 Å². The highest BCUT2D eigenvalue weighted by Crippen LogP contribution is 2.45. The summed E-state index contributed by atoms with van der Waals surface area (Å²) in [4.78, 5) is 72.9. The van der Waals surface area contributed by atoms with Crippen molar-refractivity contribution in [3.05, 3.63) is 0 Å². The second-order valence-corrected chi connectivity index (χ2v) is 32.8. The third-order valence-corrected chi connectivity index (χ3v) is 21.2. The largest absolute Gasteiger partial charge is 0.472 e. The molecular weight excluding hydrogens is 1310 g/mol. The van der Waals surface area contributed by atoms with Gasteiger partial charge in [-0.25, -0.2) is 9.13 Å². The monoisotopic (exact) mass is 1470 g/mol. The molecular formula is C81H158O17P2. The molecule has 0 fully saturated rings. The van der Waals surface area contributed by atoms with Gasteiger partial charge in [0.25, 0.3) is 0 Å². The van der Waals surface area contributed by atoms with E-state index in [1.807, 2.05) is 0 Å². The van der Waals surface area contributed by atoms with Crippen LogP contribution >= 0.6 is 15.6 Å². The standard InChI is InChI=1S/C81H158O17P2/c1-7-10-12-14-16-17-18-19-30-36-41-47-53-59-65-80(85)97-76(69-91-78(83)63-57-51-43-15-13-11-8-2)71-95-99(87,88)93-67-75(82)68-94-100(89,90)96-72-77(70-92-79(84)64-58-52-46-40-35-31-27-26-28-33-38-44-49-55-61-73(4)5)98-81(86)66-60-54-48-42-37-32-25-23-21-20-22-24-29-34-39-45-50-56-62-74(6)9-3/h73-77,82H,7-72H2,1-6H3,(H,87,88)(H,89,90)/t74?,75-,76+,77+/m0/s1. The zero-order valence-electron chi connectivity index (χ0n) is 65.5. The molecule has 0 rings (SSSR count). The van der Waals surface area contributed by atoms with Crippen LogP contribution in [-0.2, 0) is 65.4 Å². The number of rotatable bonds is 80. The average Bonchev–Trinajstić information content (AvgIpc) is 0.936. The molecule has 19 heteroatoms. The number of unbranched alkanes of at least 4 members (excludes halogenated alkanes) is 49. The molecule has 0 aromatic heterocycles. The molecule has 6 atom stereocenters. The predicted molar refractivity (Wildman–Crippen MR) is 409 cm³/mol. The van der Waals surface area contributed by atoms with Gasteiger partial charge in [-0.3, -0.25) is 37.3 Å². The summed E-state index contributed by atoms with van der Waals surface area (Å²) >= 11 is 0. The van der Waals surface area contributed by atoms with E-state index in [9.17, 15) is 43.2 Å². The van der Waals surface area contributed by atoms with Gasteiger partial charge in [0.2, 0.25) is 0 Å². The van der Waals surface area contributed by atoms with Crippen LogP contribution in [-0.4, -0.2) is 96.7 Å². The lowest BCUT2D eigenvalue weighted by Gasteiger charge is -2.21. The molecule has 0 aromatic carbocycles. The maximum Gasteiger partial charge on any atom is 0.472 e. The van der Waals surface area contributed by atoms with Crippen molar-refractivity contribution in [2.24, 2.45) is 11.8 Å². The maximum absolute atomic E-state index is 13.1. The number of hydrogen-bond donors (Lipinski definition) is 3. The first-order valence-corrected chi connectivity index (χ1v) is 45.0. The van der Waals surface area contributed by atoms with Gasteiger partial charge in [-0.1, -0.05) is 375 Å². The van der Waals surface area contributed by atoms with Gasteiger partial charge in [0.05, 0.1) is 26.4 Å². The normalized spacial score (nSPS) is 14.2. The molecule has 0 saturated carbocycles.